The minimum absolute atomic E-state index is 0.115. The SMILES string of the molecule is Cc1ccc2c(=O)c(OC(=O)c3ccc(Br)cc3)c(-c3ccccc3Cl)oc2c1. The highest BCUT2D eigenvalue weighted by atomic mass is 79.9. The maximum atomic E-state index is 13.2. The fourth-order valence-corrected chi connectivity index (χ4v) is 3.42. The van der Waals surface area contributed by atoms with E-state index < -0.39 is 11.4 Å². The Morgan fingerprint density at radius 3 is 2.48 bits per heavy atom. The third-order valence-electron chi connectivity index (χ3n) is 4.40. The number of hydrogen-bond acceptors (Lipinski definition) is 4. The molecular weight excluding hydrogens is 456 g/mol. The van der Waals surface area contributed by atoms with Gasteiger partial charge in [-0.3, -0.25) is 4.79 Å². The predicted molar refractivity (Wildman–Crippen MR) is 117 cm³/mol. The van der Waals surface area contributed by atoms with Crippen LogP contribution in [0.5, 0.6) is 5.75 Å². The molecule has 0 saturated carbocycles. The molecule has 0 aliphatic carbocycles. The van der Waals surface area contributed by atoms with Gasteiger partial charge in [0.05, 0.1) is 16.0 Å². The van der Waals surface area contributed by atoms with Crippen molar-refractivity contribution in [2.24, 2.45) is 0 Å². The van der Waals surface area contributed by atoms with Gasteiger partial charge in [-0.25, -0.2) is 4.79 Å². The predicted octanol–water partition coefficient (Wildman–Crippen LogP) is 6.40. The molecule has 0 aliphatic rings. The van der Waals surface area contributed by atoms with Crippen LogP contribution in [0.1, 0.15) is 15.9 Å². The normalized spacial score (nSPS) is 10.9. The number of aryl methyl sites for hydroxylation is 1. The van der Waals surface area contributed by atoms with Gasteiger partial charge in [-0.2, -0.15) is 0 Å². The molecule has 0 radical (unpaired) electrons. The summed E-state index contributed by atoms with van der Waals surface area (Å²) in [5, 5.41) is 0.702. The topological polar surface area (TPSA) is 56.5 Å². The van der Waals surface area contributed by atoms with Crippen molar-refractivity contribution in [1.29, 1.82) is 0 Å². The Hall–Kier alpha value is -2.89. The Balaban J connectivity index is 1.92. The molecule has 3 aromatic carbocycles. The Kier molecular flexibility index (Phi) is 5.26. The molecule has 29 heavy (non-hydrogen) atoms. The van der Waals surface area contributed by atoms with Gasteiger partial charge in [-0.1, -0.05) is 45.7 Å². The van der Waals surface area contributed by atoms with Gasteiger partial charge in [0.25, 0.3) is 0 Å². The van der Waals surface area contributed by atoms with Gasteiger partial charge in [0.2, 0.25) is 11.2 Å². The van der Waals surface area contributed by atoms with Crippen LogP contribution in [0.15, 0.2) is 80.4 Å². The van der Waals surface area contributed by atoms with Crippen LogP contribution < -0.4 is 10.2 Å². The van der Waals surface area contributed by atoms with Crippen LogP contribution in [-0.4, -0.2) is 5.97 Å². The number of rotatable bonds is 3. The number of esters is 1. The third kappa shape index (κ3) is 3.84. The fourth-order valence-electron chi connectivity index (χ4n) is 2.94. The summed E-state index contributed by atoms with van der Waals surface area (Å²) in [5.74, 6) is -0.740. The van der Waals surface area contributed by atoms with Crippen LogP contribution in [0.4, 0.5) is 0 Å². The quantitative estimate of drug-likeness (QED) is 0.326. The molecule has 4 aromatic rings. The van der Waals surface area contributed by atoms with Crippen molar-refractivity contribution in [2.75, 3.05) is 0 Å². The van der Waals surface area contributed by atoms with Crippen LogP contribution in [0, 0.1) is 6.92 Å². The minimum atomic E-state index is -0.662. The smallest absolute Gasteiger partial charge is 0.343 e. The van der Waals surface area contributed by atoms with E-state index >= 15 is 0 Å². The largest absolute Gasteiger partial charge is 0.452 e. The lowest BCUT2D eigenvalue weighted by Gasteiger charge is -2.12. The first-order chi connectivity index (χ1) is 13.9. The molecule has 144 valence electrons. The third-order valence-corrected chi connectivity index (χ3v) is 5.26. The lowest BCUT2D eigenvalue weighted by molar-refractivity contribution is 0.0731. The van der Waals surface area contributed by atoms with Crippen LogP contribution in [0.2, 0.25) is 5.02 Å². The van der Waals surface area contributed by atoms with E-state index in [4.69, 9.17) is 20.8 Å². The number of fused-ring (bicyclic) bond motifs is 1. The van der Waals surface area contributed by atoms with E-state index in [2.05, 4.69) is 15.9 Å². The van der Waals surface area contributed by atoms with Gasteiger partial charge >= 0.3 is 5.97 Å². The summed E-state index contributed by atoms with van der Waals surface area (Å²) in [6.45, 7) is 1.90. The second-order valence-corrected chi connectivity index (χ2v) is 7.79. The second-order valence-electron chi connectivity index (χ2n) is 6.47. The molecular formula is C23H14BrClO4. The van der Waals surface area contributed by atoms with Crippen molar-refractivity contribution in [3.63, 3.8) is 0 Å². The van der Waals surface area contributed by atoms with Crippen LogP contribution in [-0.2, 0) is 0 Å². The van der Waals surface area contributed by atoms with Crippen LogP contribution in [0.25, 0.3) is 22.3 Å². The average molecular weight is 470 g/mol. The van der Waals surface area contributed by atoms with E-state index in [0.29, 0.717) is 27.1 Å². The Morgan fingerprint density at radius 2 is 1.76 bits per heavy atom. The lowest BCUT2D eigenvalue weighted by atomic mass is 10.1. The fraction of sp³-hybridized carbons (Fsp3) is 0.0435. The molecule has 6 heteroatoms. The summed E-state index contributed by atoms with van der Waals surface area (Å²) in [7, 11) is 0. The summed E-state index contributed by atoms with van der Waals surface area (Å²) >= 11 is 9.65. The first kappa shape index (κ1) is 19.4. The highest BCUT2D eigenvalue weighted by Crippen LogP contribution is 2.35. The molecule has 4 rings (SSSR count). The highest BCUT2D eigenvalue weighted by molar-refractivity contribution is 9.10. The molecule has 0 aliphatic heterocycles. The van der Waals surface area contributed by atoms with Gasteiger partial charge in [0.15, 0.2) is 5.76 Å². The van der Waals surface area contributed by atoms with Crippen molar-refractivity contribution < 1.29 is 13.9 Å². The molecule has 1 heterocycles. The van der Waals surface area contributed by atoms with Gasteiger partial charge in [-0.05, 0) is 61.0 Å². The van der Waals surface area contributed by atoms with E-state index in [0.717, 1.165) is 10.0 Å². The Morgan fingerprint density at radius 1 is 1.03 bits per heavy atom. The monoisotopic (exact) mass is 468 g/mol. The van der Waals surface area contributed by atoms with E-state index in [9.17, 15) is 9.59 Å². The number of benzene rings is 3. The summed E-state index contributed by atoms with van der Waals surface area (Å²) in [6, 6.07) is 18.8. The molecule has 0 fully saturated rings. The maximum absolute atomic E-state index is 13.2. The average Bonchev–Trinajstić information content (AvgIpc) is 2.70. The minimum Gasteiger partial charge on any atom is -0.452 e. The zero-order chi connectivity index (χ0) is 20.5. The molecule has 1 aromatic heterocycles. The number of halogens is 2. The van der Waals surface area contributed by atoms with Crippen molar-refractivity contribution in [2.45, 2.75) is 6.92 Å². The maximum Gasteiger partial charge on any atom is 0.343 e. The summed E-state index contributed by atoms with van der Waals surface area (Å²) in [6.07, 6.45) is 0. The number of hydrogen-bond donors (Lipinski definition) is 0. The van der Waals surface area contributed by atoms with Gasteiger partial charge in [0.1, 0.15) is 5.58 Å². The van der Waals surface area contributed by atoms with Gasteiger partial charge in [-0.15, -0.1) is 0 Å². The summed E-state index contributed by atoms with van der Waals surface area (Å²) < 4.78 is 12.4. The molecule has 0 bridgehead atoms. The van der Waals surface area contributed by atoms with Crippen molar-refractivity contribution in [3.05, 3.63) is 97.6 Å². The van der Waals surface area contributed by atoms with Crippen LogP contribution >= 0.6 is 27.5 Å². The molecule has 0 amide bonds. The van der Waals surface area contributed by atoms with E-state index in [1.807, 2.05) is 6.92 Å². The molecule has 0 spiro atoms. The molecule has 0 unspecified atom stereocenters. The number of carbonyl (C=O) groups is 1. The van der Waals surface area contributed by atoms with Crippen molar-refractivity contribution in [3.8, 4) is 17.1 Å². The van der Waals surface area contributed by atoms with Crippen LogP contribution in [0.3, 0.4) is 0 Å². The zero-order valence-corrected chi connectivity index (χ0v) is 17.6. The molecule has 0 N–H and O–H groups in total. The molecule has 4 nitrogen and oxygen atoms in total. The Bertz CT molecular complexity index is 1290. The summed E-state index contributed by atoms with van der Waals surface area (Å²) in [4.78, 5) is 25.9. The molecule has 0 saturated heterocycles. The number of carbonyl (C=O) groups excluding carboxylic acids is 1. The van der Waals surface area contributed by atoms with Crippen molar-refractivity contribution >= 4 is 44.5 Å². The standard InChI is InChI=1S/C23H14BrClO4/c1-13-6-11-17-19(12-13)28-21(16-4-2-3-5-18(16)25)22(20(17)26)29-23(27)14-7-9-15(24)10-8-14/h2-12H,1H3. The van der Waals surface area contributed by atoms with Crippen molar-refractivity contribution in [1.82, 2.24) is 0 Å². The van der Waals surface area contributed by atoms with E-state index in [1.165, 1.54) is 0 Å². The highest BCUT2D eigenvalue weighted by Gasteiger charge is 2.22. The molecule has 0 atom stereocenters. The summed E-state index contributed by atoms with van der Waals surface area (Å²) in [5.41, 5.74) is 1.67. The zero-order valence-electron chi connectivity index (χ0n) is 15.2. The van der Waals surface area contributed by atoms with Gasteiger partial charge in [0, 0.05) is 10.0 Å². The lowest BCUT2D eigenvalue weighted by Crippen LogP contribution is -2.16. The first-order valence-electron chi connectivity index (χ1n) is 8.74. The number of ether oxygens (including phenoxy) is 1. The Labute approximate surface area is 179 Å². The van der Waals surface area contributed by atoms with Gasteiger partial charge < -0.3 is 9.15 Å². The first-order valence-corrected chi connectivity index (χ1v) is 9.91. The second kappa shape index (κ2) is 7.85. The van der Waals surface area contributed by atoms with E-state index in [1.54, 1.807) is 66.7 Å². The van der Waals surface area contributed by atoms with E-state index in [-0.39, 0.29) is 11.5 Å².